The van der Waals surface area contributed by atoms with E-state index in [4.69, 9.17) is 5.26 Å². The predicted octanol–water partition coefficient (Wildman–Crippen LogP) is 2.05. The lowest BCUT2D eigenvalue weighted by atomic mass is 10.1. The number of pyridine rings is 1. The summed E-state index contributed by atoms with van der Waals surface area (Å²) in [6, 6.07) is 3.59. The molecule has 1 unspecified atom stereocenters. The molecule has 0 amide bonds. The molecule has 1 heterocycles. The summed E-state index contributed by atoms with van der Waals surface area (Å²) in [6.45, 7) is 0. The van der Waals surface area contributed by atoms with Gasteiger partial charge in [-0.05, 0) is 11.6 Å². The Kier molecular flexibility index (Phi) is 3.27. The van der Waals surface area contributed by atoms with Gasteiger partial charge in [0.25, 0.3) is 0 Å². The molecule has 0 aliphatic carbocycles. The molecule has 1 N–H and O–H groups in total. The smallest absolute Gasteiger partial charge is 0.387 e. The Morgan fingerprint density at radius 2 is 2.13 bits per heavy atom. The van der Waals surface area contributed by atoms with E-state index in [9.17, 15) is 18.3 Å². The molecule has 0 saturated carbocycles. The van der Waals surface area contributed by atoms with E-state index in [-0.39, 0.29) is 12.0 Å². The van der Waals surface area contributed by atoms with E-state index in [2.05, 4.69) is 4.98 Å². The molecule has 80 valence electrons. The van der Waals surface area contributed by atoms with Gasteiger partial charge in [-0.25, -0.2) is 0 Å². The van der Waals surface area contributed by atoms with Crippen molar-refractivity contribution in [1.29, 1.82) is 5.26 Å². The number of hydrogen-bond donors (Lipinski definition) is 1. The van der Waals surface area contributed by atoms with Crippen LogP contribution in [0.1, 0.15) is 23.8 Å². The summed E-state index contributed by atoms with van der Waals surface area (Å²) in [7, 11) is 0. The second kappa shape index (κ2) is 4.28. The number of aliphatic hydroxyl groups is 1. The molecule has 1 aromatic heterocycles. The standard InChI is InChI=1S/C9H7F3N2O/c10-9(11,12)8-2-1-6(5-14-8)7(15)3-4-13/h1-2,5,7,15H,3H2. The van der Waals surface area contributed by atoms with Crippen molar-refractivity contribution in [2.24, 2.45) is 0 Å². The average Bonchev–Trinajstić information content (AvgIpc) is 2.17. The average molecular weight is 216 g/mol. The molecule has 0 aliphatic heterocycles. The second-order valence-electron chi connectivity index (χ2n) is 2.85. The highest BCUT2D eigenvalue weighted by Crippen LogP contribution is 2.28. The number of nitriles is 1. The van der Waals surface area contributed by atoms with Crippen LogP contribution in [0.4, 0.5) is 13.2 Å². The van der Waals surface area contributed by atoms with Crippen LogP contribution in [0.25, 0.3) is 0 Å². The van der Waals surface area contributed by atoms with Crippen LogP contribution in [0.2, 0.25) is 0 Å². The Hall–Kier alpha value is -1.61. The fourth-order valence-corrected chi connectivity index (χ4v) is 0.974. The molecule has 0 saturated heterocycles. The number of aliphatic hydroxyl groups excluding tert-OH is 1. The largest absolute Gasteiger partial charge is 0.433 e. The minimum atomic E-state index is -4.49. The molecule has 6 heteroatoms. The van der Waals surface area contributed by atoms with Crippen molar-refractivity contribution in [3.8, 4) is 6.07 Å². The Morgan fingerprint density at radius 1 is 1.47 bits per heavy atom. The topological polar surface area (TPSA) is 56.9 Å². The Bertz CT molecular complexity index is 366. The highest BCUT2D eigenvalue weighted by molar-refractivity contribution is 5.18. The van der Waals surface area contributed by atoms with Crippen LogP contribution in [-0.4, -0.2) is 10.1 Å². The maximum Gasteiger partial charge on any atom is 0.433 e. The monoisotopic (exact) mass is 216 g/mol. The fraction of sp³-hybridized carbons (Fsp3) is 0.333. The summed E-state index contributed by atoms with van der Waals surface area (Å²) in [5.41, 5.74) is -0.819. The third-order valence-corrected chi connectivity index (χ3v) is 1.75. The van der Waals surface area contributed by atoms with Gasteiger partial charge in [0.15, 0.2) is 0 Å². The SMILES string of the molecule is N#CCC(O)c1ccc(C(F)(F)F)nc1. The molecule has 3 nitrogen and oxygen atoms in total. The molecule has 0 aliphatic rings. The number of rotatable bonds is 2. The van der Waals surface area contributed by atoms with E-state index in [1.54, 1.807) is 6.07 Å². The van der Waals surface area contributed by atoms with E-state index in [1.165, 1.54) is 0 Å². The number of halogens is 3. The van der Waals surface area contributed by atoms with Gasteiger partial charge >= 0.3 is 6.18 Å². The van der Waals surface area contributed by atoms with Gasteiger partial charge in [0.1, 0.15) is 5.69 Å². The summed E-state index contributed by atoms with van der Waals surface area (Å²) in [6.07, 6.45) is -4.83. The van der Waals surface area contributed by atoms with Crippen molar-refractivity contribution in [1.82, 2.24) is 4.98 Å². The van der Waals surface area contributed by atoms with Gasteiger partial charge < -0.3 is 5.11 Å². The quantitative estimate of drug-likeness (QED) is 0.822. The maximum atomic E-state index is 12.1. The lowest BCUT2D eigenvalue weighted by molar-refractivity contribution is -0.141. The highest BCUT2D eigenvalue weighted by Gasteiger charge is 2.32. The molecule has 0 radical (unpaired) electrons. The fourth-order valence-electron chi connectivity index (χ4n) is 0.974. The first-order chi connectivity index (χ1) is 6.95. The van der Waals surface area contributed by atoms with Crippen LogP contribution in [0.5, 0.6) is 0 Å². The van der Waals surface area contributed by atoms with Gasteiger partial charge in [-0.2, -0.15) is 18.4 Å². The molecule has 0 aromatic carbocycles. The molecule has 15 heavy (non-hydrogen) atoms. The van der Waals surface area contributed by atoms with E-state index >= 15 is 0 Å². The third kappa shape index (κ3) is 2.92. The van der Waals surface area contributed by atoms with Gasteiger partial charge in [-0.15, -0.1) is 0 Å². The normalized spacial score (nSPS) is 13.3. The molecule has 0 spiro atoms. The molecule has 1 rings (SSSR count). The maximum absolute atomic E-state index is 12.1. The summed E-state index contributed by atoms with van der Waals surface area (Å²) in [4.78, 5) is 3.16. The second-order valence-corrected chi connectivity index (χ2v) is 2.85. The first kappa shape index (κ1) is 11.5. The Balaban J connectivity index is 2.87. The summed E-state index contributed by atoms with van der Waals surface area (Å²) >= 11 is 0. The van der Waals surface area contributed by atoms with Crippen LogP contribution in [0.3, 0.4) is 0 Å². The van der Waals surface area contributed by atoms with E-state index in [1.807, 2.05) is 0 Å². The zero-order valence-electron chi connectivity index (χ0n) is 7.49. The van der Waals surface area contributed by atoms with Crippen molar-refractivity contribution < 1.29 is 18.3 Å². The van der Waals surface area contributed by atoms with Crippen molar-refractivity contribution in [2.45, 2.75) is 18.7 Å². The van der Waals surface area contributed by atoms with Crippen molar-refractivity contribution >= 4 is 0 Å². The van der Waals surface area contributed by atoms with Crippen LogP contribution in [0, 0.1) is 11.3 Å². The Morgan fingerprint density at radius 3 is 2.53 bits per heavy atom. The van der Waals surface area contributed by atoms with Crippen molar-refractivity contribution in [3.63, 3.8) is 0 Å². The molecule has 0 fully saturated rings. The highest BCUT2D eigenvalue weighted by atomic mass is 19.4. The minimum Gasteiger partial charge on any atom is -0.387 e. The van der Waals surface area contributed by atoms with Crippen LogP contribution in [-0.2, 0) is 6.18 Å². The van der Waals surface area contributed by atoms with Gasteiger partial charge in [0.2, 0.25) is 0 Å². The number of hydrogen-bond acceptors (Lipinski definition) is 3. The number of alkyl halides is 3. The van der Waals surface area contributed by atoms with E-state index in [0.717, 1.165) is 18.3 Å². The van der Waals surface area contributed by atoms with E-state index in [0.29, 0.717) is 0 Å². The van der Waals surface area contributed by atoms with Crippen LogP contribution in [0.15, 0.2) is 18.3 Å². The lowest BCUT2D eigenvalue weighted by Crippen LogP contribution is -2.08. The number of aromatic nitrogens is 1. The predicted molar refractivity (Wildman–Crippen MR) is 44.4 cm³/mol. The van der Waals surface area contributed by atoms with Gasteiger partial charge in [0, 0.05) is 6.20 Å². The summed E-state index contributed by atoms with van der Waals surface area (Å²) in [5, 5.41) is 17.5. The zero-order chi connectivity index (χ0) is 11.5. The summed E-state index contributed by atoms with van der Waals surface area (Å²) < 4.78 is 36.3. The van der Waals surface area contributed by atoms with Gasteiger partial charge in [0.05, 0.1) is 18.6 Å². The van der Waals surface area contributed by atoms with Crippen molar-refractivity contribution in [2.75, 3.05) is 0 Å². The number of nitrogens with zero attached hydrogens (tertiary/aromatic N) is 2. The van der Waals surface area contributed by atoms with Crippen LogP contribution >= 0.6 is 0 Å². The first-order valence-corrected chi connectivity index (χ1v) is 4.03. The molecule has 1 atom stereocenters. The van der Waals surface area contributed by atoms with Crippen LogP contribution < -0.4 is 0 Å². The molecule has 0 bridgehead atoms. The third-order valence-electron chi connectivity index (χ3n) is 1.75. The molecule has 1 aromatic rings. The minimum absolute atomic E-state index is 0.174. The van der Waals surface area contributed by atoms with E-state index < -0.39 is 18.0 Å². The summed E-state index contributed by atoms with van der Waals surface area (Å²) in [5.74, 6) is 0. The molecular formula is C9H7F3N2O. The van der Waals surface area contributed by atoms with Gasteiger partial charge in [-0.1, -0.05) is 6.07 Å². The first-order valence-electron chi connectivity index (χ1n) is 4.03. The molecular weight excluding hydrogens is 209 g/mol. The zero-order valence-corrected chi connectivity index (χ0v) is 7.49. The van der Waals surface area contributed by atoms with Gasteiger partial charge in [-0.3, -0.25) is 4.98 Å². The Labute approximate surface area is 83.8 Å². The van der Waals surface area contributed by atoms with Crippen molar-refractivity contribution in [3.05, 3.63) is 29.6 Å². The lowest BCUT2D eigenvalue weighted by Gasteiger charge is -2.08.